The lowest BCUT2D eigenvalue weighted by Gasteiger charge is -2.07. The van der Waals surface area contributed by atoms with Crippen LogP contribution in [0.4, 0.5) is 0 Å². The Labute approximate surface area is 91.2 Å². The zero-order valence-corrected chi connectivity index (χ0v) is 9.33. The second kappa shape index (κ2) is 12.0. The largest absolute Gasteiger partial charge is 0.468 e. The molecular formula is C7H18Cl2N2O2. The fourth-order valence-electron chi connectivity index (χ4n) is 0.778. The van der Waals surface area contributed by atoms with Gasteiger partial charge in [-0.1, -0.05) is 6.42 Å². The van der Waals surface area contributed by atoms with E-state index in [1.807, 2.05) is 0 Å². The number of methoxy groups -OCH3 is 1. The minimum Gasteiger partial charge on any atom is -0.468 e. The molecule has 0 heterocycles. The first-order valence-electron chi connectivity index (χ1n) is 3.76. The molecule has 0 aliphatic heterocycles. The molecule has 0 saturated heterocycles. The van der Waals surface area contributed by atoms with E-state index in [2.05, 4.69) is 4.74 Å². The smallest absolute Gasteiger partial charge is 0.322 e. The first-order valence-corrected chi connectivity index (χ1v) is 3.76. The van der Waals surface area contributed by atoms with E-state index in [4.69, 9.17) is 11.5 Å². The zero-order valence-electron chi connectivity index (χ0n) is 7.69. The number of unbranched alkanes of at least 4 members (excludes halogenated alkanes) is 1. The van der Waals surface area contributed by atoms with Crippen LogP contribution < -0.4 is 11.5 Å². The van der Waals surface area contributed by atoms with Crippen LogP contribution in [0.3, 0.4) is 0 Å². The van der Waals surface area contributed by atoms with Gasteiger partial charge in [-0.15, -0.1) is 24.8 Å². The summed E-state index contributed by atoms with van der Waals surface area (Å²) in [6.45, 7) is 0.647. The highest BCUT2D eigenvalue weighted by molar-refractivity contribution is 5.85. The minimum absolute atomic E-state index is 0. The Hall–Kier alpha value is -0.0300. The Morgan fingerprint density at radius 3 is 2.31 bits per heavy atom. The molecule has 82 valence electrons. The molecule has 0 saturated carbocycles. The summed E-state index contributed by atoms with van der Waals surface area (Å²) in [5, 5.41) is 0. The Balaban J connectivity index is -0.000000500. The molecule has 0 aromatic carbocycles. The molecule has 0 aliphatic carbocycles. The van der Waals surface area contributed by atoms with E-state index in [0.29, 0.717) is 13.0 Å². The molecule has 0 rings (SSSR count). The van der Waals surface area contributed by atoms with Gasteiger partial charge in [0.15, 0.2) is 0 Å². The second-order valence-corrected chi connectivity index (χ2v) is 2.41. The Kier molecular flexibility index (Phi) is 17.2. The SMILES string of the molecule is COC(=O)[C@H](N)CCCCN.Cl.Cl. The Bertz CT molecular complexity index is 125. The quantitative estimate of drug-likeness (QED) is 0.534. The van der Waals surface area contributed by atoms with Crippen molar-refractivity contribution in [2.24, 2.45) is 11.5 Å². The van der Waals surface area contributed by atoms with Crippen molar-refractivity contribution in [3.05, 3.63) is 0 Å². The summed E-state index contributed by atoms with van der Waals surface area (Å²) in [5.74, 6) is -0.345. The van der Waals surface area contributed by atoms with Gasteiger partial charge >= 0.3 is 5.97 Å². The van der Waals surface area contributed by atoms with Gasteiger partial charge in [0, 0.05) is 0 Å². The molecule has 1 atom stereocenters. The molecule has 0 amide bonds. The van der Waals surface area contributed by atoms with Gasteiger partial charge < -0.3 is 16.2 Å². The van der Waals surface area contributed by atoms with E-state index in [9.17, 15) is 4.79 Å². The summed E-state index contributed by atoms with van der Waals surface area (Å²) in [7, 11) is 1.34. The average Bonchev–Trinajstić information content (AvgIpc) is 2.03. The predicted octanol–water partition coefficient (Wildman–Crippen LogP) is 0.459. The number of hydrogen-bond acceptors (Lipinski definition) is 4. The maximum Gasteiger partial charge on any atom is 0.322 e. The molecule has 0 aromatic heterocycles. The Morgan fingerprint density at radius 1 is 1.38 bits per heavy atom. The zero-order chi connectivity index (χ0) is 8.69. The number of carbonyl (C=O) groups excluding carboxylic acids is 1. The van der Waals surface area contributed by atoms with Crippen molar-refractivity contribution < 1.29 is 9.53 Å². The van der Waals surface area contributed by atoms with Gasteiger partial charge in [0.25, 0.3) is 0 Å². The van der Waals surface area contributed by atoms with Crippen molar-refractivity contribution in [1.29, 1.82) is 0 Å². The van der Waals surface area contributed by atoms with Gasteiger partial charge in [-0.2, -0.15) is 0 Å². The van der Waals surface area contributed by atoms with Gasteiger partial charge in [-0.05, 0) is 19.4 Å². The van der Waals surface area contributed by atoms with E-state index in [1.165, 1.54) is 7.11 Å². The van der Waals surface area contributed by atoms with Gasteiger partial charge in [0.05, 0.1) is 7.11 Å². The molecular weight excluding hydrogens is 215 g/mol. The number of rotatable bonds is 5. The van der Waals surface area contributed by atoms with Crippen molar-refractivity contribution in [1.82, 2.24) is 0 Å². The summed E-state index contributed by atoms with van der Waals surface area (Å²) < 4.78 is 4.45. The predicted molar refractivity (Wildman–Crippen MR) is 57.4 cm³/mol. The van der Waals surface area contributed by atoms with E-state index in [-0.39, 0.29) is 30.8 Å². The van der Waals surface area contributed by atoms with Gasteiger partial charge in [-0.25, -0.2) is 0 Å². The fraction of sp³-hybridized carbons (Fsp3) is 0.857. The standard InChI is InChI=1S/C7H16N2O2.2ClH/c1-11-7(10)6(9)4-2-3-5-8;;/h6H,2-5,8-9H2,1H3;2*1H/t6-;;/m1../s1. The van der Waals surface area contributed by atoms with Crippen LogP contribution in [0, 0.1) is 0 Å². The van der Waals surface area contributed by atoms with Crippen molar-refractivity contribution >= 4 is 30.8 Å². The topological polar surface area (TPSA) is 78.3 Å². The summed E-state index contributed by atoms with van der Waals surface area (Å²) >= 11 is 0. The van der Waals surface area contributed by atoms with Crippen LogP contribution in [0.5, 0.6) is 0 Å². The molecule has 0 aromatic rings. The van der Waals surface area contributed by atoms with E-state index < -0.39 is 6.04 Å². The van der Waals surface area contributed by atoms with E-state index in [1.54, 1.807) is 0 Å². The lowest BCUT2D eigenvalue weighted by Crippen LogP contribution is -2.31. The van der Waals surface area contributed by atoms with Crippen LogP contribution in [0.15, 0.2) is 0 Å². The molecule has 0 unspecified atom stereocenters. The maximum atomic E-state index is 10.7. The number of halogens is 2. The van der Waals surface area contributed by atoms with Crippen LogP contribution in [0.25, 0.3) is 0 Å². The number of ether oxygens (including phenoxy) is 1. The number of nitrogens with two attached hydrogens (primary N) is 2. The highest BCUT2D eigenvalue weighted by Gasteiger charge is 2.11. The molecule has 0 bridgehead atoms. The lowest BCUT2D eigenvalue weighted by atomic mass is 10.1. The third-order valence-electron chi connectivity index (χ3n) is 1.47. The normalized spacial score (nSPS) is 10.7. The number of carbonyl (C=O) groups is 1. The Morgan fingerprint density at radius 2 is 1.92 bits per heavy atom. The van der Waals surface area contributed by atoms with Crippen LogP contribution in [-0.4, -0.2) is 25.7 Å². The lowest BCUT2D eigenvalue weighted by molar-refractivity contribution is -0.142. The van der Waals surface area contributed by atoms with Crippen molar-refractivity contribution in [3.63, 3.8) is 0 Å². The van der Waals surface area contributed by atoms with Gasteiger partial charge in [0.1, 0.15) is 6.04 Å². The molecule has 0 spiro atoms. The molecule has 4 nitrogen and oxygen atoms in total. The van der Waals surface area contributed by atoms with Crippen molar-refractivity contribution in [2.75, 3.05) is 13.7 Å². The molecule has 6 heteroatoms. The first-order chi connectivity index (χ1) is 5.22. The third-order valence-corrected chi connectivity index (χ3v) is 1.47. The molecule has 4 N–H and O–H groups in total. The molecule has 0 radical (unpaired) electrons. The molecule has 13 heavy (non-hydrogen) atoms. The van der Waals surface area contributed by atoms with Crippen molar-refractivity contribution in [2.45, 2.75) is 25.3 Å². The highest BCUT2D eigenvalue weighted by Crippen LogP contribution is 1.98. The monoisotopic (exact) mass is 232 g/mol. The second-order valence-electron chi connectivity index (χ2n) is 2.41. The van der Waals surface area contributed by atoms with Gasteiger partial charge in [-0.3, -0.25) is 4.79 Å². The fourth-order valence-corrected chi connectivity index (χ4v) is 0.778. The average molecular weight is 233 g/mol. The van der Waals surface area contributed by atoms with Crippen LogP contribution in [-0.2, 0) is 9.53 Å². The maximum absolute atomic E-state index is 10.7. The summed E-state index contributed by atoms with van der Waals surface area (Å²) in [6.07, 6.45) is 2.45. The third kappa shape index (κ3) is 9.89. The van der Waals surface area contributed by atoms with E-state index >= 15 is 0 Å². The summed E-state index contributed by atoms with van der Waals surface area (Å²) in [6, 6.07) is -0.480. The van der Waals surface area contributed by atoms with Gasteiger partial charge in [0.2, 0.25) is 0 Å². The molecule has 0 fully saturated rings. The van der Waals surface area contributed by atoms with Crippen LogP contribution in [0.1, 0.15) is 19.3 Å². The molecule has 0 aliphatic rings. The van der Waals surface area contributed by atoms with Crippen molar-refractivity contribution in [3.8, 4) is 0 Å². The first kappa shape index (κ1) is 18.7. The summed E-state index contributed by atoms with van der Waals surface area (Å²) in [5.41, 5.74) is 10.7. The number of hydrogen-bond donors (Lipinski definition) is 2. The highest BCUT2D eigenvalue weighted by atomic mass is 35.5. The minimum atomic E-state index is -0.480. The summed E-state index contributed by atoms with van der Waals surface area (Å²) in [4.78, 5) is 10.7. The number of esters is 1. The van der Waals surface area contributed by atoms with Crippen LogP contribution in [0.2, 0.25) is 0 Å². The van der Waals surface area contributed by atoms with Crippen LogP contribution >= 0.6 is 24.8 Å². The van der Waals surface area contributed by atoms with E-state index in [0.717, 1.165) is 12.8 Å².